The molecule has 14 nitrogen and oxygen atoms in total. The molecule has 18 heteroatoms. The molecule has 0 saturated carbocycles. The maximum Gasteiger partial charge on any atom is 0.267 e. The Balaban J connectivity index is 2.11. The lowest BCUT2D eigenvalue weighted by molar-refractivity contribution is 0.0865. The van der Waals surface area contributed by atoms with E-state index in [9.17, 15) is 33.7 Å². The fraction of sp³-hybridized carbons (Fsp3) is 0.350. The molecular formula is C40H42N2O12S4. The summed E-state index contributed by atoms with van der Waals surface area (Å²) >= 11 is 0. The van der Waals surface area contributed by atoms with E-state index in [1.165, 1.54) is 0 Å². The van der Waals surface area contributed by atoms with Crippen LogP contribution in [0.5, 0.6) is 0 Å². The number of nitrogens with zero attached hydrogens (tertiary/aromatic N) is 2. The average Bonchev–Trinajstić information content (AvgIpc) is 3.13. The number of hydrogen-bond acceptors (Lipinski definition) is 12. The van der Waals surface area contributed by atoms with E-state index in [4.69, 9.17) is 0 Å². The van der Waals surface area contributed by atoms with Crippen molar-refractivity contribution in [3.63, 3.8) is 0 Å². The minimum atomic E-state index is -4.94. The van der Waals surface area contributed by atoms with Crippen LogP contribution in [0.25, 0.3) is 10.8 Å². The fourth-order valence-electron chi connectivity index (χ4n) is 8.33. The first-order valence-corrected chi connectivity index (χ1v) is 25.0. The second-order valence-corrected chi connectivity index (χ2v) is 23.4. The van der Waals surface area contributed by atoms with E-state index in [0.29, 0.717) is 43.2 Å². The molecule has 4 aromatic carbocycles. The number of rotatable bonds is 10. The maximum absolute atomic E-state index is 15.2. The first kappa shape index (κ1) is 42.8. The van der Waals surface area contributed by atoms with Crippen LogP contribution in [0.15, 0.2) is 43.8 Å². The lowest BCUT2D eigenvalue weighted by Crippen LogP contribution is -2.47. The molecule has 308 valence electrons. The van der Waals surface area contributed by atoms with Crippen LogP contribution in [-0.2, 0) is 39.3 Å². The van der Waals surface area contributed by atoms with Crippen LogP contribution in [0.3, 0.4) is 0 Å². The van der Waals surface area contributed by atoms with Gasteiger partial charge < -0.3 is 0 Å². The highest BCUT2D eigenvalue weighted by atomic mass is 32.2. The van der Waals surface area contributed by atoms with Gasteiger partial charge in [-0.05, 0) is 63.8 Å². The van der Waals surface area contributed by atoms with Gasteiger partial charge in [0.15, 0.2) is 39.3 Å². The van der Waals surface area contributed by atoms with Crippen molar-refractivity contribution >= 4 is 85.1 Å². The zero-order chi connectivity index (χ0) is 43.5. The molecule has 2 heterocycles. The molecular weight excluding hydrogens is 829 g/mol. The summed E-state index contributed by atoms with van der Waals surface area (Å²) in [7, 11) is -19.8. The Hall–Kier alpha value is -4.78. The number of benzene rings is 4. The molecule has 0 aromatic heterocycles. The molecule has 0 aliphatic carbocycles. The summed E-state index contributed by atoms with van der Waals surface area (Å²) in [6.07, 6.45) is 0. The van der Waals surface area contributed by atoms with Crippen molar-refractivity contribution in [2.45, 2.75) is 88.8 Å². The SMILES string of the molecule is CCS(=O)(=O)c1c(S(=O)(=O)CC)c2c3c(c(S(=O)(=O)CC)c(S(=O)(=O)CC)c4c3c1C(=O)N(c1c(C)cc(C)cc1C)C4=O)C(=O)N(c1c(C)cc(C)cc1C)C2=O. The fourth-order valence-corrected chi connectivity index (χ4v) is 14.5. The number of hydrogen-bond donors (Lipinski definition) is 0. The van der Waals surface area contributed by atoms with Gasteiger partial charge in [0.25, 0.3) is 23.6 Å². The molecule has 0 bridgehead atoms. The largest absolute Gasteiger partial charge is 0.268 e. The highest BCUT2D eigenvalue weighted by Gasteiger charge is 2.53. The minimum absolute atomic E-state index is 0.0946. The number of anilines is 2. The van der Waals surface area contributed by atoms with Gasteiger partial charge in [-0.3, -0.25) is 19.2 Å². The molecule has 0 saturated heterocycles. The van der Waals surface area contributed by atoms with Gasteiger partial charge in [-0.25, -0.2) is 43.5 Å². The topological polar surface area (TPSA) is 211 Å². The van der Waals surface area contributed by atoms with Crippen molar-refractivity contribution in [3.8, 4) is 0 Å². The molecule has 58 heavy (non-hydrogen) atoms. The molecule has 0 atom stereocenters. The number of amides is 4. The summed E-state index contributed by atoms with van der Waals surface area (Å²) in [5, 5.41) is -1.64. The standard InChI is InChI=1S/C40H42N2O12S4/c1-11-55(47,48)33-27-25-26-28(34(33)56(49,50)12-2)38(44)42(32-23(9)17-20(6)18-24(32)10)40(46)30(26)36(58(53,54)14-4)35(57(51,52)13-3)29(25)39(45)41(37(27)43)31-21(7)15-19(5)16-22(31)8/h15-18H,11-14H2,1-10H3. The third-order valence-corrected chi connectivity index (χ3v) is 18.1. The summed E-state index contributed by atoms with van der Waals surface area (Å²) in [5.74, 6) is -8.88. The van der Waals surface area contributed by atoms with Crippen LogP contribution in [-0.4, -0.2) is 80.3 Å². The lowest BCUT2D eigenvalue weighted by Gasteiger charge is -2.37. The monoisotopic (exact) mass is 870 g/mol. The Morgan fingerprint density at radius 1 is 0.379 bits per heavy atom. The minimum Gasteiger partial charge on any atom is -0.268 e. The highest BCUT2D eigenvalue weighted by molar-refractivity contribution is 7.95. The van der Waals surface area contributed by atoms with Gasteiger partial charge in [-0.1, -0.05) is 63.1 Å². The van der Waals surface area contributed by atoms with E-state index in [-0.39, 0.29) is 11.4 Å². The van der Waals surface area contributed by atoms with Crippen molar-refractivity contribution in [2.24, 2.45) is 0 Å². The molecule has 0 radical (unpaired) electrons. The molecule has 4 amide bonds. The van der Waals surface area contributed by atoms with Crippen molar-refractivity contribution in [2.75, 3.05) is 32.8 Å². The smallest absolute Gasteiger partial charge is 0.267 e. The molecule has 2 aliphatic rings. The van der Waals surface area contributed by atoms with Crippen LogP contribution in [0.2, 0.25) is 0 Å². The molecule has 6 rings (SSSR count). The molecule has 0 fully saturated rings. The zero-order valence-corrected chi connectivity index (χ0v) is 36.8. The highest BCUT2D eigenvalue weighted by Crippen LogP contribution is 2.52. The Morgan fingerprint density at radius 2 is 0.569 bits per heavy atom. The number of aryl methyl sites for hydroxylation is 6. The van der Waals surface area contributed by atoms with Crippen molar-refractivity contribution < 1.29 is 52.8 Å². The second kappa shape index (κ2) is 13.9. The van der Waals surface area contributed by atoms with E-state index >= 15 is 19.2 Å². The van der Waals surface area contributed by atoms with E-state index in [0.717, 1.165) is 27.7 Å². The summed E-state index contributed by atoms with van der Waals surface area (Å²) in [5.41, 5.74) is -1.48. The van der Waals surface area contributed by atoms with Gasteiger partial charge in [0, 0.05) is 10.8 Å². The molecule has 0 spiro atoms. The van der Waals surface area contributed by atoms with Crippen LogP contribution in [0.4, 0.5) is 11.4 Å². The van der Waals surface area contributed by atoms with E-state index in [1.54, 1.807) is 65.8 Å². The Bertz CT molecular complexity index is 2690. The molecule has 2 aliphatic heterocycles. The normalized spacial score (nSPS) is 14.9. The summed E-state index contributed by atoms with van der Waals surface area (Å²) in [4.78, 5) is 57.3. The van der Waals surface area contributed by atoms with Crippen molar-refractivity contribution in [1.29, 1.82) is 0 Å². The summed E-state index contributed by atoms with van der Waals surface area (Å²) < 4.78 is 116. The summed E-state index contributed by atoms with van der Waals surface area (Å²) in [6, 6.07) is 6.42. The van der Waals surface area contributed by atoms with Crippen LogP contribution in [0.1, 0.15) is 103 Å². The quantitative estimate of drug-likeness (QED) is 0.182. The van der Waals surface area contributed by atoms with E-state index in [1.807, 2.05) is 0 Å². The van der Waals surface area contributed by atoms with Gasteiger partial charge in [-0.2, -0.15) is 0 Å². The van der Waals surface area contributed by atoms with Crippen LogP contribution in [0, 0.1) is 41.5 Å². The second-order valence-electron chi connectivity index (χ2n) is 14.6. The van der Waals surface area contributed by atoms with Gasteiger partial charge in [0.05, 0.1) is 76.2 Å². The number of imide groups is 2. The first-order chi connectivity index (χ1) is 26.8. The Labute approximate surface area is 337 Å². The average molecular weight is 871 g/mol. The van der Waals surface area contributed by atoms with Gasteiger partial charge in [0.2, 0.25) is 0 Å². The Kier molecular flexibility index (Phi) is 10.3. The lowest BCUT2D eigenvalue weighted by atomic mass is 9.84. The van der Waals surface area contributed by atoms with Crippen LogP contribution < -0.4 is 9.80 Å². The predicted octanol–water partition coefficient (Wildman–Crippen LogP) is 5.47. The van der Waals surface area contributed by atoms with Crippen molar-refractivity contribution in [3.05, 3.63) is 79.9 Å². The molecule has 4 aromatic rings. The zero-order valence-electron chi connectivity index (χ0n) is 33.6. The van der Waals surface area contributed by atoms with Crippen molar-refractivity contribution in [1.82, 2.24) is 0 Å². The third kappa shape index (κ3) is 5.96. The Morgan fingerprint density at radius 3 is 0.741 bits per heavy atom. The van der Waals surface area contributed by atoms with Gasteiger partial charge in [-0.15, -0.1) is 0 Å². The first-order valence-electron chi connectivity index (χ1n) is 18.4. The van der Waals surface area contributed by atoms with E-state index in [2.05, 4.69) is 0 Å². The number of carbonyl (C=O) groups is 4. The van der Waals surface area contributed by atoms with Gasteiger partial charge in [0.1, 0.15) is 0 Å². The van der Waals surface area contributed by atoms with Gasteiger partial charge >= 0.3 is 0 Å². The summed E-state index contributed by atoms with van der Waals surface area (Å²) in [6.45, 7) is 14.3. The number of carbonyl (C=O) groups excluding carboxylic acids is 4. The predicted molar refractivity (Wildman–Crippen MR) is 218 cm³/mol. The van der Waals surface area contributed by atoms with E-state index < -0.39 is 139 Å². The number of sulfone groups is 4. The molecule has 0 N–H and O–H groups in total. The third-order valence-electron chi connectivity index (χ3n) is 10.7. The maximum atomic E-state index is 15.2. The van der Waals surface area contributed by atoms with Crippen LogP contribution >= 0.6 is 0 Å². The molecule has 0 unspecified atom stereocenters.